The van der Waals surface area contributed by atoms with Gasteiger partial charge < -0.3 is 0 Å². The number of benzene rings is 3. The van der Waals surface area contributed by atoms with Gasteiger partial charge in [0.25, 0.3) is 0 Å². The second-order valence-electron chi connectivity index (χ2n) is 7.83. The first-order valence-corrected chi connectivity index (χ1v) is 9.73. The summed E-state index contributed by atoms with van der Waals surface area (Å²) >= 11 is 0. The predicted molar refractivity (Wildman–Crippen MR) is 112 cm³/mol. The fourth-order valence-corrected chi connectivity index (χ4v) is 4.77. The summed E-state index contributed by atoms with van der Waals surface area (Å²) in [4.78, 5) is 0. The van der Waals surface area contributed by atoms with E-state index in [2.05, 4.69) is 74.5 Å². The van der Waals surface area contributed by atoms with Gasteiger partial charge in [0.2, 0.25) is 0 Å². The molecule has 0 heterocycles. The van der Waals surface area contributed by atoms with Crippen LogP contribution in [0.2, 0.25) is 0 Å². The first-order chi connectivity index (χ1) is 12.7. The molecule has 0 atom stereocenters. The summed E-state index contributed by atoms with van der Waals surface area (Å²) in [5.74, 6) is 0. The second-order valence-corrected chi connectivity index (χ2v) is 7.83. The van der Waals surface area contributed by atoms with Gasteiger partial charge in [-0.3, -0.25) is 0 Å². The van der Waals surface area contributed by atoms with E-state index in [9.17, 15) is 0 Å². The highest BCUT2D eigenvalue weighted by Crippen LogP contribution is 2.42. The van der Waals surface area contributed by atoms with Crippen LogP contribution in [0.25, 0.3) is 27.5 Å². The standard InChI is InChI=1S/C26H24/c1-17-6-5-8-20(14-17)25-16-18(2)15-21-11-12-23-22-9-4-3-7-19(22)10-13-24(23)26(21)25/h4-6,8-9,11-12,14-16H,3,7,10,13H2,1-2H3. The van der Waals surface area contributed by atoms with Crippen LogP contribution in [0.15, 0.2) is 66.3 Å². The quantitative estimate of drug-likeness (QED) is 0.442. The molecule has 0 saturated heterocycles. The lowest BCUT2D eigenvalue weighted by molar-refractivity contribution is 0.831. The number of hydrogen-bond acceptors (Lipinski definition) is 0. The van der Waals surface area contributed by atoms with Crippen molar-refractivity contribution >= 4 is 16.3 Å². The van der Waals surface area contributed by atoms with E-state index in [1.165, 1.54) is 69.8 Å². The van der Waals surface area contributed by atoms with Crippen LogP contribution in [0.1, 0.15) is 41.5 Å². The van der Waals surface area contributed by atoms with Crippen LogP contribution in [0.5, 0.6) is 0 Å². The molecule has 0 amide bonds. The van der Waals surface area contributed by atoms with Crippen molar-refractivity contribution in [2.24, 2.45) is 0 Å². The van der Waals surface area contributed by atoms with Gasteiger partial charge in [-0.15, -0.1) is 0 Å². The summed E-state index contributed by atoms with van der Waals surface area (Å²) in [6, 6.07) is 18.4. The Hall–Kier alpha value is -2.60. The SMILES string of the molecule is Cc1cccc(-c2cc(C)cc3ccc4c(c23)CCC2=C4C=CCC2)c1. The van der Waals surface area contributed by atoms with Crippen molar-refractivity contribution in [3.63, 3.8) is 0 Å². The third-order valence-electron chi connectivity index (χ3n) is 5.94. The Labute approximate surface area is 155 Å². The monoisotopic (exact) mass is 336 g/mol. The summed E-state index contributed by atoms with van der Waals surface area (Å²) in [5, 5.41) is 2.84. The Morgan fingerprint density at radius 2 is 1.69 bits per heavy atom. The van der Waals surface area contributed by atoms with E-state index in [-0.39, 0.29) is 0 Å². The maximum atomic E-state index is 2.37. The Kier molecular flexibility index (Phi) is 3.60. The third-order valence-corrected chi connectivity index (χ3v) is 5.94. The Morgan fingerprint density at radius 3 is 2.58 bits per heavy atom. The molecule has 0 saturated carbocycles. The van der Waals surface area contributed by atoms with Gasteiger partial charge in [0.1, 0.15) is 0 Å². The molecule has 0 aromatic heterocycles. The van der Waals surface area contributed by atoms with Crippen molar-refractivity contribution in [1.82, 2.24) is 0 Å². The van der Waals surface area contributed by atoms with Gasteiger partial charge in [-0.1, -0.05) is 71.8 Å². The number of rotatable bonds is 1. The van der Waals surface area contributed by atoms with Gasteiger partial charge in [-0.2, -0.15) is 0 Å². The Bertz CT molecular complexity index is 1090. The summed E-state index contributed by atoms with van der Waals surface area (Å²) in [5.41, 5.74) is 11.6. The van der Waals surface area contributed by atoms with Crippen molar-refractivity contribution in [2.75, 3.05) is 0 Å². The molecule has 128 valence electrons. The van der Waals surface area contributed by atoms with E-state index in [0.29, 0.717) is 0 Å². The molecular formula is C26H24. The lowest BCUT2D eigenvalue weighted by Gasteiger charge is -2.26. The topological polar surface area (TPSA) is 0 Å². The molecule has 0 fully saturated rings. The van der Waals surface area contributed by atoms with E-state index < -0.39 is 0 Å². The van der Waals surface area contributed by atoms with Crippen LogP contribution in [-0.2, 0) is 6.42 Å². The molecule has 0 bridgehead atoms. The van der Waals surface area contributed by atoms with Gasteiger partial charge in [-0.05, 0) is 83.7 Å². The van der Waals surface area contributed by atoms with Crippen molar-refractivity contribution in [3.8, 4) is 11.1 Å². The van der Waals surface area contributed by atoms with E-state index in [4.69, 9.17) is 0 Å². The number of hydrogen-bond donors (Lipinski definition) is 0. The van der Waals surface area contributed by atoms with Gasteiger partial charge in [0, 0.05) is 0 Å². The molecule has 26 heavy (non-hydrogen) atoms. The first kappa shape index (κ1) is 15.6. The minimum atomic E-state index is 1.17. The molecule has 0 heteroatoms. The fourth-order valence-electron chi connectivity index (χ4n) is 4.77. The van der Waals surface area contributed by atoms with Crippen molar-refractivity contribution < 1.29 is 0 Å². The molecule has 0 N–H and O–H groups in total. The highest BCUT2D eigenvalue weighted by atomic mass is 14.3. The van der Waals surface area contributed by atoms with Crippen molar-refractivity contribution in [2.45, 2.75) is 39.5 Å². The molecule has 3 aromatic carbocycles. The maximum absolute atomic E-state index is 2.37. The van der Waals surface area contributed by atoms with Gasteiger partial charge in [0.05, 0.1) is 0 Å². The molecule has 0 spiro atoms. The van der Waals surface area contributed by atoms with E-state index in [1.807, 2.05) is 0 Å². The maximum Gasteiger partial charge on any atom is -0.00668 e. The summed E-state index contributed by atoms with van der Waals surface area (Å²) in [7, 11) is 0. The van der Waals surface area contributed by atoms with E-state index >= 15 is 0 Å². The summed E-state index contributed by atoms with van der Waals surface area (Å²) < 4.78 is 0. The van der Waals surface area contributed by atoms with Gasteiger partial charge in [0.15, 0.2) is 0 Å². The van der Waals surface area contributed by atoms with E-state index in [1.54, 1.807) is 11.1 Å². The van der Waals surface area contributed by atoms with Gasteiger partial charge in [-0.25, -0.2) is 0 Å². The van der Waals surface area contributed by atoms with E-state index in [0.717, 1.165) is 0 Å². The van der Waals surface area contributed by atoms with Crippen LogP contribution in [0.3, 0.4) is 0 Å². The predicted octanol–water partition coefficient (Wildman–Crippen LogP) is 7.17. The van der Waals surface area contributed by atoms with Crippen molar-refractivity contribution in [1.29, 1.82) is 0 Å². The number of allylic oxidation sites excluding steroid dienone is 4. The normalized spacial score (nSPS) is 15.9. The van der Waals surface area contributed by atoms with Crippen molar-refractivity contribution in [3.05, 3.63) is 88.5 Å². The highest BCUT2D eigenvalue weighted by molar-refractivity contribution is 6.03. The smallest absolute Gasteiger partial charge is 0.00668 e. The second kappa shape index (κ2) is 5.99. The average Bonchev–Trinajstić information content (AvgIpc) is 2.66. The zero-order valence-electron chi connectivity index (χ0n) is 15.6. The largest absolute Gasteiger partial charge is 0.0836 e. The first-order valence-electron chi connectivity index (χ1n) is 9.73. The minimum Gasteiger partial charge on any atom is -0.0836 e. The molecule has 2 aliphatic rings. The molecule has 0 aliphatic heterocycles. The van der Waals surface area contributed by atoms with Gasteiger partial charge >= 0.3 is 0 Å². The molecule has 0 radical (unpaired) electrons. The lowest BCUT2D eigenvalue weighted by atomic mass is 9.78. The summed E-state index contributed by atoms with van der Waals surface area (Å²) in [6.07, 6.45) is 9.53. The number of fused-ring (bicyclic) bond motifs is 4. The average molecular weight is 336 g/mol. The molecule has 0 unspecified atom stereocenters. The lowest BCUT2D eigenvalue weighted by Crippen LogP contribution is -2.07. The fraction of sp³-hybridized carbons (Fsp3) is 0.231. The molecular weight excluding hydrogens is 312 g/mol. The van der Waals surface area contributed by atoms with Crippen LogP contribution < -0.4 is 0 Å². The molecule has 5 rings (SSSR count). The Morgan fingerprint density at radius 1 is 0.769 bits per heavy atom. The zero-order valence-corrected chi connectivity index (χ0v) is 15.6. The molecule has 0 nitrogen and oxygen atoms in total. The van der Waals surface area contributed by atoms with Crippen LogP contribution in [0, 0.1) is 13.8 Å². The van der Waals surface area contributed by atoms with Crippen LogP contribution in [0.4, 0.5) is 0 Å². The molecule has 3 aromatic rings. The van der Waals surface area contributed by atoms with Crippen LogP contribution in [-0.4, -0.2) is 0 Å². The Balaban J connectivity index is 1.84. The number of aryl methyl sites for hydroxylation is 3. The third kappa shape index (κ3) is 2.44. The minimum absolute atomic E-state index is 1.17. The molecule has 2 aliphatic carbocycles. The summed E-state index contributed by atoms with van der Waals surface area (Å²) in [6.45, 7) is 4.39. The zero-order chi connectivity index (χ0) is 17.7. The van der Waals surface area contributed by atoms with Crippen LogP contribution >= 0.6 is 0 Å². The highest BCUT2D eigenvalue weighted by Gasteiger charge is 2.22.